The van der Waals surface area contributed by atoms with Crippen molar-refractivity contribution in [2.75, 3.05) is 21.3 Å². The zero-order valence-electron chi connectivity index (χ0n) is 15.1. The molecule has 0 aliphatic rings. The lowest BCUT2D eigenvalue weighted by Gasteiger charge is -2.10. The second-order valence-electron chi connectivity index (χ2n) is 5.23. The average molecular weight is 379 g/mol. The summed E-state index contributed by atoms with van der Waals surface area (Å²) in [6, 6.07) is 3.60. The van der Waals surface area contributed by atoms with Crippen molar-refractivity contribution < 1.29 is 37.9 Å². The number of hydrogen-bond acceptors (Lipinski definition) is 9. The zero-order valence-corrected chi connectivity index (χ0v) is 15.1. The number of benzene rings is 1. The van der Waals surface area contributed by atoms with E-state index in [1.807, 2.05) is 0 Å². The summed E-state index contributed by atoms with van der Waals surface area (Å²) in [7, 11) is 3.88. The number of furan rings is 1. The summed E-state index contributed by atoms with van der Waals surface area (Å²) in [6.45, 7) is 1.22. The molecule has 0 atom stereocenters. The van der Waals surface area contributed by atoms with Crippen LogP contribution < -0.4 is 9.47 Å². The SMILES string of the molecule is COC(=O)c1cc(COC(=O)c2cc(OC)c(OC)cc2[N+](=O)[O-])oc1C. The quantitative estimate of drug-likeness (QED) is 0.405. The Morgan fingerprint density at radius 1 is 1.04 bits per heavy atom. The predicted octanol–water partition coefficient (Wildman–Crippen LogP) is 2.66. The minimum absolute atomic E-state index is 0.102. The first-order chi connectivity index (χ1) is 12.8. The maximum absolute atomic E-state index is 12.3. The van der Waals surface area contributed by atoms with Gasteiger partial charge in [0, 0.05) is 6.07 Å². The number of carbonyl (C=O) groups excluding carboxylic acids is 2. The van der Waals surface area contributed by atoms with Crippen molar-refractivity contribution in [3.05, 3.63) is 51.0 Å². The molecule has 10 heteroatoms. The number of nitro benzene ring substituents is 1. The van der Waals surface area contributed by atoms with Gasteiger partial charge < -0.3 is 23.4 Å². The summed E-state index contributed by atoms with van der Waals surface area (Å²) in [5.74, 6) is -0.836. The van der Waals surface area contributed by atoms with Crippen LogP contribution in [0.25, 0.3) is 0 Å². The Morgan fingerprint density at radius 3 is 2.22 bits per heavy atom. The van der Waals surface area contributed by atoms with Crippen LogP contribution in [-0.2, 0) is 16.1 Å². The van der Waals surface area contributed by atoms with E-state index in [1.54, 1.807) is 6.92 Å². The summed E-state index contributed by atoms with van der Waals surface area (Å²) < 4.78 is 25.1. The normalized spacial score (nSPS) is 10.2. The average Bonchev–Trinajstić information content (AvgIpc) is 3.04. The second kappa shape index (κ2) is 8.21. The van der Waals surface area contributed by atoms with Crippen LogP contribution in [0.5, 0.6) is 11.5 Å². The molecule has 0 fully saturated rings. The summed E-state index contributed by atoms with van der Waals surface area (Å²) >= 11 is 0. The van der Waals surface area contributed by atoms with Crippen LogP contribution in [0.2, 0.25) is 0 Å². The number of rotatable bonds is 7. The monoisotopic (exact) mass is 379 g/mol. The molecule has 0 bridgehead atoms. The van der Waals surface area contributed by atoms with Gasteiger partial charge >= 0.3 is 11.9 Å². The molecule has 0 spiro atoms. The van der Waals surface area contributed by atoms with Crippen molar-refractivity contribution in [3.63, 3.8) is 0 Å². The number of nitrogens with zero attached hydrogens (tertiary/aromatic N) is 1. The predicted molar refractivity (Wildman–Crippen MR) is 90.1 cm³/mol. The molecular weight excluding hydrogens is 362 g/mol. The Bertz CT molecular complexity index is 885. The molecule has 0 saturated carbocycles. The van der Waals surface area contributed by atoms with Gasteiger partial charge in [0.1, 0.15) is 29.3 Å². The number of hydrogen-bond donors (Lipinski definition) is 0. The maximum Gasteiger partial charge on any atom is 0.345 e. The van der Waals surface area contributed by atoms with Gasteiger partial charge in [0.15, 0.2) is 11.5 Å². The highest BCUT2D eigenvalue weighted by atomic mass is 16.6. The van der Waals surface area contributed by atoms with Gasteiger partial charge in [-0.25, -0.2) is 9.59 Å². The molecule has 0 saturated heterocycles. The molecule has 0 amide bonds. The van der Waals surface area contributed by atoms with Gasteiger partial charge in [-0.1, -0.05) is 0 Å². The molecule has 0 aliphatic carbocycles. The fourth-order valence-corrected chi connectivity index (χ4v) is 2.32. The molecule has 0 N–H and O–H groups in total. The Labute approximate surface area is 153 Å². The largest absolute Gasteiger partial charge is 0.493 e. The molecular formula is C17H17NO9. The van der Waals surface area contributed by atoms with Crippen molar-refractivity contribution in [2.24, 2.45) is 0 Å². The van der Waals surface area contributed by atoms with Gasteiger partial charge in [-0.15, -0.1) is 0 Å². The fraction of sp³-hybridized carbons (Fsp3) is 0.294. The van der Waals surface area contributed by atoms with Crippen LogP contribution in [-0.4, -0.2) is 38.2 Å². The molecule has 10 nitrogen and oxygen atoms in total. The molecule has 2 aromatic rings. The Kier molecular flexibility index (Phi) is 6.01. The van der Waals surface area contributed by atoms with E-state index < -0.39 is 22.5 Å². The molecule has 144 valence electrons. The van der Waals surface area contributed by atoms with E-state index in [1.165, 1.54) is 27.4 Å². The van der Waals surface area contributed by atoms with Gasteiger partial charge in [-0.05, 0) is 13.0 Å². The second-order valence-corrected chi connectivity index (χ2v) is 5.23. The minimum Gasteiger partial charge on any atom is -0.493 e. The van der Waals surface area contributed by atoms with Crippen LogP contribution in [0.1, 0.15) is 32.2 Å². The number of ether oxygens (including phenoxy) is 4. The summed E-state index contributed by atoms with van der Waals surface area (Å²) in [5.41, 5.74) is -0.613. The first kappa shape index (κ1) is 19.8. The first-order valence-electron chi connectivity index (χ1n) is 7.57. The smallest absolute Gasteiger partial charge is 0.345 e. The van der Waals surface area contributed by atoms with Crippen molar-refractivity contribution in [2.45, 2.75) is 13.5 Å². The molecule has 1 heterocycles. The van der Waals surface area contributed by atoms with E-state index in [9.17, 15) is 19.7 Å². The third-order valence-electron chi connectivity index (χ3n) is 3.64. The molecule has 27 heavy (non-hydrogen) atoms. The van der Waals surface area contributed by atoms with Gasteiger partial charge in [-0.3, -0.25) is 10.1 Å². The van der Waals surface area contributed by atoms with Crippen molar-refractivity contribution in [1.82, 2.24) is 0 Å². The van der Waals surface area contributed by atoms with E-state index in [0.717, 1.165) is 12.1 Å². The van der Waals surface area contributed by atoms with Crippen molar-refractivity contribution in [1.29, 1.82) is 0 Å². The standard InChI is InChI=1S/C17H17NO9/c1-9-11(16(19)25-4)5-10(27-9)8-26-17(20)12-6-14(23-2)15(24-3)7-13(12)18(21)22/h5-7H,8H2,1-4H3. The number of esters is 2. The van der Waals surface area contributed by atoms with Gasteiger partial charge in [-0.2, -0.15) is 0 Å². The lowest BCUT2D eigenvalue weighted by Crippen LogP contribution is -2.09. The van der Waals surface area contributed by atoms with Gasteiger partial charge in [0.25, 0.3) is 5.69 Å². The minimum atomic E-state index is -0.962. The lowest BCUT2D eigenvalue weighted by atomic mass is 10.1. The van der Waals surface area contributed by atoms with Crippen molar-refractivity contribution in [3.8, 4) is 11.5 Å². The van der Waals surface area contributed by atoms with Gasteiger partial charge in [0.05, 0.1) is 32.3 Å². The Hall–Kier alpha value is -3.56. The van der Waals surface area contributed by atoms with E-state index >= 15 is 0 Å². The van der Waals surface area contributed by atoms with Crippen LogP contribution in [0.3, 0.4) is 0 Å². The maximum atomic E-state index is 12.3. The van der Waals surface area contributed by atoms with E-state index in [2.05, 4.69) is 4.74 Å². The van der Waals surface area contributed by atoms with Gasteiger partial charge in [0.2, 0.25) is 0 Å². The molecule has 0 radical (unpaired) electrons. The summed E-state index contributed by atoms with van der Waals surface area (Å²) in [4.78, 5) is 34.4. The van der Waals surface area contributed by atoms with Crippen LogP contribution in [0.4, 0.5) is 5.69 Å². The van der Waals surface area contributed by atoms with Crippen molar-refractivity contribution >= 4 is 17.6 Å². The molecule has 1 aromatic heterocycles. The van der Waals surface area contributed by atoms with E-state index in [-0.39, 0.29) is 35.0 Å². The van der Waals surface area contributed by atoms with Crippen LogP contribution in [0.15, 0.2) is 22.6 Å². The Morgan fingerprint density at radius 2 is 1.67 bits per heavy atom. The number of methoxy groups -OCH3 is 3. The van der Waals surface area contributed by atoms with Crippen LogP contribution in [0, 0.1) is 17.0 Å². The summed E-state index contributed by atoms with van der Waals surface area (Å²) in [6.07, 6.45) is 0. The zero-order chi connectivity index (χ0) is 20.1. The highest BCUT2D eigenvalue weighted by molar-refractivity contribution is 5.95. The van der Waals surface area contributed by atoms with Crippen LogP contribution >= 0.6 is 0 Å². The third-order valence-corrected chi connectivity index (χ3v) is 3.64. The first-order valence-corrected chi connectivity index (χ1v) is 7.57. The Balaban J connectivity index is 2.25. The highest BCUT2D eigenvalue weighted by Crippen LogP contribution is 2.35. The van der Waals surface area contributed by atoms with E-state index in [0.29, 0.717) is 5.76 Å². The molecule has 0 aliphatic heterocycles. The fourth-order valence-electron chi connectivity index (χ4n) is 2.32. The highest BCUT2D eigenvalue weighted by Gasteiger charge is 2.26. The molecule has 2 rings (SSSR count). The number of aryl methyl sites for hydroxylation is 1. The summed E-state index contributed by atoms with van der Waals surface area (Å²) in [5, 5.41) is 11.3. The molecule has 1 aromatic carbocycles. The topological polar surface area (TPSA) is 127 Å². The lowest BCUT2D eigenvalue weighted by molar-refractivity contribution is -0.385. The molecule has 0 unspecified atom stereocenters. The number of carbonyl (C=O) groups is 2. The third kappa shape index (κ3) is 4.17. The van der Waals surface area contributed by atoms with E-state index in [4.69, 9.17) is 18.6 Å². The number of nitro groups is 1.